The van der Waals surface area contributed by atoms with Gasteiger partial charge in [-0.3, -0.25) is 14.9 Å². The van der Waals surface area contributed by atoms with Gasteiger partial charge in [0.1, 0.15) is 0 Å². The van der Waals surface area contributed by atoms with Crippen molar-refractivity contribution in [2.45, 2.75) is 12.6 Å². The smallest absolute Gasteiger partial charge is 0.0544 e. The Morgan fingerprint density at radius 1 is 1.37 bits per heavy atom. The summed E-state index contributed by atoms with van der Waals surface area (Å²) in [6.07, 6.45) is 5.44. The number of halogens is 1. The SMILES string of the molecule is CN(Cc1ccccn1)C(CN)c1cncc(Br)c1. The summed E-state index contributed by atoms with van der Waals surface area (Å²) in [5.41, 5.74) is 8.04. The molecule has 0 radical (unpaired) electrons. The van der Waals surface area contributed by atoms with Crippen molar-refractivity contribution in [1.29, 1.82) is 0 Å². The van der Waals surface area contributed by atoms with E-state index in [2.05, 4.69) is 36.9 Å². The highest BCUT2D eigenvalue weighted by Gasteiger charge is 2.16. The molecule has 0 aliphatic heterocycles. The van der Waals surface area contributed by atoms with E-state index in [0.29, 0.717) is 6.54 Å². The maximum absolute atomic E-state index is 5.90. The van der Waals surface area contributed by atoms with Crippen molar-refractivity contribution in [2.75, 3.05) is 13.6 Å². The molecule has 2 rings (SSSR count). The Bertz CT molecular complexity index is 518. The van der Waals surface area contributed by atoms with Crippen LogP contribution in [0.25, 0.3) is 0 Å². The summed E-state index contributed by atoms with van der Waals surface area (Å²) in [7, 11) is 2.05. The van der Waals surface area contributed by atoms with Crippen molar-refractivity contribution in [2.24, 2.45) is 5.73 Å². The molecule has 19 heavy (non-hydrogen) atoms. The first kappa shape index (κ1) is 14.1. The minimum absolute atomic E-state index is 0.131. The predicted molar refractivity (Wildman–Crippen MR) is 79.4 cm³/mol. The standard InChI is InChI=1S/C14H17BrN4/c1-19(10-13-4-2-3-5-18-13)14(7-16)11-6-12(15)9-17-8-11/h2-6,8-9,14H,7,10,16H2,1H3. The third-order valence-electron chi connectivity index (χ3n) is 3.00. The first-order valence-corrected chi connectivity index (χ1v) is 6.90. The molecule has 0 spiro atoms. The highest BCUT2D eigenvalue weighted by molar-refractivity contribution is 9.10. The molecule has 100 valence electrons. The fourth-order valence-electron chi connectivity index (χ4n) is 2.04. The van der Waals surface area contributed by atoms with Crippen LogP contribution >= 0.6 is 15.9 Å². The van der Waals surface area contributed by atoms with Gasteiger partial charge >= 0.3 is 0 Å². The number of nitrogens with zero attached hydrogens (tertiary/aromatic N) is 3. The summed E-state index contributed by atoms with van der Waals surface area (Å²) in [6, 6.07) is 8.12. The zero-order valence-electron chi connectivity index (χ0n) is 10.8. The lowest BCUT2D eigenvalue weighted by atomic mass is 10.1. The maximum Gasteiger partial charge on any atom is 0.0544 e. The van der Waals surface area contributed by atoms with Crippen molar-refractivity contribution >= 4 is 15.9 Å². The van der Waals surface area contributed by atoms with Crippen LogP contribution in [0.4, 0.5) is 0 Å². The predicted octanol–water partition coefficient (Wildman–Crippen LogP) is 2.37. The Morgan fingerprint density at radius 2 is 2.21 bits per heavy atom. The molecular formula is C14H17BrN4. The number of aromatic nitrogens is 2. The molecule has 0 saturated carbocycles. The fourth-order valence-corrected chi connectivity index (χ4v) is 2.42. The van der Waals surface area contributed by atoms with Gasteiger partial charge in [-0.2, -0.15) is 0 Å². The van der Waals surface area contributed by atoms with E-state index < -0.39 is 0 Å². The lowest BCUT2D eigenvalue weighted by Crippen LogP contribution is -2.30. The molecule has 2 aromatic heterocycles. The van der Waals surface area contributed by atoms with E-state index in [1.165, 1.54) is 0 Å². The second-order valence-electron chi connectivity index (χ2n) is 4.42. The summed E-state index contributed by atoms with van der Waals surface area (Å²) in [5.74, 6) is 0. The average molecular weight is 321 g/mol. The van der Waals surface area contributed by atoms with Crippen LogP contribution in [-0.2, 0) is 6.54 Å². The van der Waals surface area contributed by atoms with Crippen LogP contribution in [0.15, 0.2) is 47.3 Å². The first-order valence-electron chi connectivity index (χ1n) is 6.11. The van der Waals surface area contributed by atoms with Crippen LogP contribution < -0.4 is 5.73 Å². The van der Waals surface area contributed by atoms with E-state index in [1.54, 1.807) is 12.4 Å². The van der Waals surface area contributed by atoms with Crippen molar-refractivity contribution < 1.29 is 0 Å². The Morgan fingerprint density at radius 3 is 2.84 bits per heavy atom. The number of likely N-dealkylation sites (N-methyl/N-ethyl adjacent to an activating group) is 1. The van der Waals surface area contributed by atoms with Crippen molar-refractivity contribution in [3.8, 4) is 0 Å². The third kappa shape index (κ3) is 3.83. The number of rotatable bonds is 5. The van der Waals surface area contributed by atoms with E-state index >= 15 is 0 Å². The molecule has 1 atom stereocenters. The normalized spacial score (nSPS) is 12.6. The van der Waals surface area contributed by atoms with Gasteiger partial charge in [0.05, 0.1) is 5.69 Å². The third-order valence-corrected chi connectivity index (χ3v) is 3.44. The molecule has 2 N–H and O–H groups in total. The Hall–Kier alpha value is -1.30. The van der Waals surface area contributed by atoms with Crippen LogP contribution in [0.3, 0.4) is 0 Å². The maximum atomic E-state index is 5.90. The molecule has 0 fully saturated rings. The van der Waals surface area contributed by atoms with E-state index in [9.17, 15) is 0 Å². The summed E-state index contributed by atoms with van der Waals surface area (Å²) in [6.45, 7) is 1.30. The van der Waals surface area contributed by atoms with E-state index in [4.69, 9.17) is 5.73 Å². The molecule has 5 heteroatoms. The number of nitrogens with two attached hydrogens (primary N) is 1. The summed E-state index contributed by atoms with van der Waals surface area (Å²) in [4.78, 5) is 10.7. The molecule has 2 aromatic rings. The van der Waals surface area contributed by atoms with Gasteiger partial charge in [0, 0.05) is 42.2 Å². The molecule has 2 heterocycles. The Kier molecular flexibility index (Phi) is 5.01. The van der Waals surface area contributed by atoms with Gasteiger partial charge in [-0.15, -0.1) is 0 Å². The lowest BCUT2D eigenvalue weighted by molar-refractivity contribution is 0.238. The highest BCUT2D eigenvalue weighted by Crippen LogP contribution is 2.21. The molecule has 0 bridgehead atoms. The molecule has 0 aliphatic carbocycles. The second kappa shape index (κ2) is 6.75. The van der Waals surface area contributed by atoms with Crippen LogP contribution in [-0.4, -0.2) is 28.5 Å². The fraction of sp³-hybridized carbons (Fsp3) is 0.286. The summed E-state index contributed by atoms with van der Waals surface area (Å²) < 4.78 is 0.967. The molecule has 0 saturated heterocycles. The minimum atomic E-state index is 0.131. The molecule has 0 aliphatic rings. The molecule has 0 aromatic carbocycles. The molecule has 4 nitrogen and oxygen atoms in total. The zero-order chi connectivity index (χ0) is 13.7. The molecular weight excluding hydrogens is 304 g/mol. The summed E-state index contributed by atoms with van der Waals surface area (Å²) in [5, 5.41) is 0. The largest absolute Gasteiger partial charge is 0.329 e. The van der Waals surface area contributed by atoms with E-state index in [1.807, 2.05) is 31.4 Å². The topological polar surface area (TPSA) is 55.0 Å². The lowest BCUT2D eigenvalue weighted by Gasteiger charge is -2.26. The molecule has 1 unspecified atom stereocenters. The van der Waals surface area contributed by atoms with E-state index in [0.717, 1.165) is 22.3 Å². The number of hydrogen-bond acceptors (Lipinski definition) is 4. The van der Waals surface area contributed by atoms with Crippen molar-refractivity contribution in [3.63, 3.8) is 0 Å². The van der Waals surface area contributed by atoms with Crippen LogP contribution in [0.5, 0.6) is 0 Å². The Labute approximate surface area is 121 Å². The van der Waals surface area contributed by atoms with Gasteiger partial charge < -0.3 is 5.73 Å². The molecule has 0 amide bonds. The highest BCUT2D eigenvalue weighted by atomic mass is 79.9. The van der Waals surface area contributed by atoms with Crippen LogP contribution in [0.1, 0.15) is 17.3 Å². The van der Waals surface area contributed by atoms with Gasteiger partial charge in [0.2, 0.25) is 0 Å². The van der Waals surface area contributed by atoms with Gasteiger partial charge in [0.25, 0.3) is 0 Å². The monoisotopic (exact) mass is 320 g/mol. The van der Waals surface area contributed by atoms with Crippen LogP contribution in [0, 0.1) is 0 Å². The second-order valence-corrected chi connectivity index (χ2v) is 5.34. The van der Waals surface area contributed by atoms with E-state index in [-0.39, 0.29) is 6.04 Å². The average Bonchev–Trinajstić information content (AvgIpc) is 2.41. The number of hydrogen-bond donors (Lipinski definition) is 1. The zero-order valence-corrected chi connectivity index (χ0v) is 12.4. The van der Waals surface area contributed by atoms with Crippen LogP contribution in [0.2, 0.25) is 0 Å². The Balaban J connectivity index is 2.13. The number of pyridine rings is 2. The van der Waals surface area contributed by atoms with Crippen molar-refractivity contribution in [1.82, 2.24) is 14.9 Å². The first-order chi connectivity index (χ1) is 9.20. The van der Waals surface area contributed by atoms with Gasteiger partial charge in [-0.1, -0.05) is 6.07 Å². The quantitative estimate of drug-likeness (QED) is 0.919. The minimum Gasteiger partial charge on any atom is -0.329 e. The van der Waals surface area contributed by atoms with Gasteiger partial charge in [-0.25, -0.2) is 0 Å². The van der Waals surface area contributed by atoms with Gasteiger partial charge in [0.15, 0.2) is 0 Å². The van der Waals surface area contributed by atoms with Gasteiger partial charge in [-0.05, 0) is 46.7 Å². The summed E-state index contributed by atoms with van der Waals surface area (Å²) >= 11 is 3.44. The van der Waals surface area contributed by atoms with Crippen molar-refractivity contribution in [3.05, 3.63) is 58.6 Å².